The van der Waals surface area contributed by atoms with Crippen molar-refractivity contribution in [2.24, 2.45) is 0 Å². The van der Waals surface area contributed by atoms with Gasteiger partial charge in [-0.1, -0.05) is 18.2 Å². The van der Waals surface area contributed by atoms with Gasteiger partial charge in [-0.2, -0.15) is 0 Å². The van der Waals surface area contributed by atoms with E-state index in [1.54, 1.807) is 6.08 Å². The lowest BCUT2D eigenvalue weighted by Gasteiger charge is -1.97. The van der Waals surface area contributed by atoms with E-state index in [1.807, 2.05) is 6.92 Å². The number of rotatable bonds is 5. The van der Waals surface area contributed by atoms with Gasteiger partial charge >= 0.3 is 5.97 Å². The fourth-order valence-electron chi connectivity index (χ4n) is 0.529. The molecule has 0 amide bonds. The van der Waals surface area contributed by atoms with Gasteiger partial charge in [0.1, 0.15) is 0 Å². The van der Waals surface area contributed by atoms with Gasteiger partial charge < -0.3 is 10.4 Å². The van der Waals surface area contributed by atoms with Crippen molar-refractivity contribution in [2.45, 2.75) is 6.92 Å². The average molecular weight is 155 g/mol. The van der Waals surface area contributed by atoms with Crippen molar-refractivity contribution in [1.29, 1.82) is 0 Å². The summed E-state index contributed by atoms with van der Waals surface area (Å²) in [6, 6.07) is 0. The maximum absolute atomic E-state index is 9.96. The minimum absolute atomic E-state index is 0.569. The Kier molecular flexibility index (Phi) is 5.11. The third kappa shape index (κ3) is 8.91. The van der Waals surface area contributed by atoms with Gasteiger partial charge in [-0.05, 0) is 6.92 Å². The molecule has 0 saturated carbocycles. The first-order chi connectivity index (χ1) is 5.13. The first-order valence-electron chi connectivity index (χ1n) is 3.37. The van der Waals surface area contributed by atoms with Crippen molar-refractivity contribution < 1.29 is 9.90 Å². The van der Waals surface area contributed by atoms with Crippen LogP contribution >= 0.6 is 0 Å². The van der Waals surface area contributed by atoms with E-state index in [4.69, 9.17) is 5.11 Å². The lowest BCUT2D eigenvalue weighted by molar-refractivity contribution is -0.131. The molecule has 0 bridgehead atoms. The first kappa shape index (κ1) is 9.91. The predicted molar refractivity (Wildman–Crippen MR) is 44.5 cm³/mol. The molecule has 0 rings (SSSR count). The maximum Gasteiger partial charge on any atom is 0.328 e. The Morgan fingerprint density at radius 3 is 2.82 bits per heavy atom. The lowest BCUT2D eigenvalue weighted by Crippen LogP contribution is -2.15. The van der Waals surface area contributed by atoms with E-state index in [-0.39, 0.29) is 0 Å². The van der Waals surface area contributed by atoms with Crippen molar-refractivity contribution in [3.8, 4) is 0 Å². The van der Waals surface area contributed by atoms with Crippen molar-refractivity contribution >= 4 is 5.97 Å². The SMILES string of the molecule is C=C(C)CNC/C=C/C(=O)O. The molecule has 0 aliphatic carbocycles. The molecule has 0 radical (unpaired) electrons. The largest absolute Gasteiger partial charge is 0.478 e. The molecule has 0 aromatic heterocycles. The maximum atomic E-state index is 9.96. The monoisotopic (exact) mass is 155 g/mol. The van der Waals surface area contributed by atoms with E-state index in [0.717, 1.165) is 18.2 Å². The highest BCUT2D eigenvalue weighted by Crippen LogP contribution is 1.80. The summed E-state index contributed by atoms with van der Waals surface area (Å²) in [4.78, 5) is 9.96. The molecule has 0 aliphatic rings. The van der Waals surface area contributed by atoms with Gasteiger partial charge in [0.2, 0.25) is 0 Å². The van der Waals surface area contributed by atoms with Crippen LogP contribution in [-0.2, 0) is 4.79 Å². The Bertz CT molecular complexity index is 173. The number of aliphatic carboxylic acids is 1. The van der Waals surface area contributed by atoms with Crippen LogP contribution in [0.4, 0.5) is 0 Å². The highest BCUT2D eigenvalue weighted by atomic mass is 16.4. The van der Waals surface area contributed by atoms with E-state index >= 15 is 0 Å². The number of carbonyl (C=O) groups is 1. The normalized spacial score (nSPS) is 10.3. The number of carboxylic acid groups (broad SMARTS) is 1. The van der Waals surface area contributed by atoms with Gasteiger partial charge in [0.05, 0.1) is 0 Å². The van der Waals surface area contributed by atoms with Crippen LogP contribution in [0.3, 0.4) is 0 Å². The molecule has 0 aliphatic heterocycles. The zero-order chi connectivity index (χ0) is 8.69. The van der Waals surface area contributed by atoms with Gasteiger partial charge in [0, 0.05) is 19.2 Å². The van der Waals surface area contributed by atoms with Crippen LogP contribution in [0.1, 0.15) is 6.92 Å². The molecule has 3 nitrogen and oxygen atoms in total. The number of hydrogen-bond donors (Lipinski definition) is 2. The number of carboxylic acids is 1. The Balaban J connectivity index is 3.27. The van der Waals surface area contributed by atoms with Crippen LogP contribution in [0.2, 0.25) is 0 Å². The molecule has 11 heavy (non-hydrogen) atoms. The summed E-state index contributed by atoms with van der Waals surface area (Å²) in [6.45, 7) is 6.89. The third-order valence-electron chi connectivity index (χ3n) is 0.949. The second kappa shape index (κ2) is 5.68. The second-order valence-electron chi connectivity index (χ2n) is 2.33. The smallest absolute Gasteiger partial charge is 0.328 e. The lowest BCUT2D eigenvalue weighted by atomic mass is 10.3. The van der Waals surface area contributed by atoms with E-state index in [9.17, 15) is 4.79 Å². The quantitative estimate of drug-likeness (QED) is 0.350. The third-order valence-corrected chi connectivity index (χ3v) is 0.949. The van der Waals surface area contributed by atoms with Crippen LogP contribution in [0.25, 0.3) is 0 Å². The summed E-state index contributed by atoms with van der Waals surface area (Å²) < 4.78 is 0. The van der Waals surface area contributed by atoms with Crippen molar-refractivity contribution in [3.63, 3.8) is 0 Å². The van der Waals surface area contributed by atoms with Gasteiger partial charge in [0.25, 0.3) is 0 Å². The Labute approximate surface area is 66.4 Å². The standard InChI is InChI=1S/C8H13NO2/c1-7(2)6-9-5-3-4-8(10)11/h3-4,9H,1,5-6H2,2H3,(H,10,11)/b4-3+. The van der Waals surface area contributed by atoms with Crippen LogP contribution < -0.4 is 5.32 Å². The van der Waals surface area contributed by atoms with Crippen LogP contribution in [0.15, 0.2) is 24.3 Å². The molecular formula is C8H13NO2. The summed E-state index contributed by atoms with van der Waals surface area (Å²) in [6.07, 6.45) is 2.68. The zero-order valence-electron chi connectivity index (χ0n) is 6.63. The molecule has 0 aromatic carbocycles. The molecule has 3 heteroatoms. The molecule has 62 valence electrons. The predicted octanol–water partition coefficient (Wildman–Crippen LogP) is 0.793. The van der Waals surface area contributed by atoms with Crippen molar-refractivity contribution in [3.05, 3.63) is 24.3 Å². The van der Waals surface area contributed by atoms with Crippen molar-refractivity contribution in [2.75, 3.05) is 13.1 Å². The summed E-state index contributed by atoms with van der Waals surface area (Å²) in [5.74, 6) is -0.915. The second-order valence-corrected chi connectivity index (χ2v) is 2.33. The van der Waals surface area contributed by atoms with Gasteiger partial charge in [-0.15, -0.1) is 0 Å². The first-order valence-corrected chi connectivity index (χ1v) is 3.37. The van der Waals surface area contributed by atoms with Crippen molar-refractivity contribution in [1.82, 2.24) is 5.32 Å². The fraction of sp³-hybridized carbons (Fsp3) is 0.375. The zero-order valence-corrected chi connectivity index (χ0v) is 6.63. The summed E-state index contributed by atoms with van der Waals surface area (Å²) >= 11 is 0. The Morgan fingerprint density at radius 2 is 2.36 bits per heavy atom. The summed E-state index contributed by atoms with van der Waals surface area (Å²) in [5, 5.41) is 11.2. The average Bonchev–Trinajstić information content (AvgIpc) is 1.85. The van der Waals surface area contributed by atoms with Gasteiger partial charge in [-0.3, -0.25) is 0 Å². The molecule has 0 unspecified atom stereocenters. The molecule has 0 spiro atoms. The van der Waals surface area contributed by atoms with E-state index in [0.29, 0.717) is 6.54 Å². The minimum atomic E-state index is -0.915. The highest BCUT2D eigenvalue weighted by Gasteiger charge is 1.85. The molecular weight excluding hydrogens is 142 g/mol. The Hall–Kier alpha value is -1.09. The van der Waals surface area contributed by atoms with Gasteiger partial charge in [-0.25, -0.2) is 4.79 Å². The van der Waals surface area contributed by atoms with Gasteiger partial charge in [0.15, 0.2) is 0 Å². The Morgan fingerprint density at radius 1 is 1.73 bits per heavy atom. The van der Waals surface area contributed by atoms with Crippen LogP contribution in [0.5, 0.6) is 0 Å². The van der Waals surface area contributed by atoms with E-state index in [2.05, 4.69) is 11.9 Å². The van der Waals surface area contributed by atoms with E-state index < -0.39 is 5.97 Å². The summed E-state index contributed by atoms with van der Waals surface area (Å²) in [7, 11) is 0. The molecule has 0 saturated heterocycles. The number of nitrogens with one attached hydrogen (secondary N) is 1. The van der Waals surface area contributed by atoms with Crippen LogP contribution in [0, 0.1) is 0 Å². The molecule has 0 heterocycles. The highest BCUT2D eigenvalue weighted by molar-refractivity contribution is 5.79. The minimum Gasteiger partial charge on any atom is -0.478 e. The molecule has 2 N–H and O–H groups in total. The molecule has 0 fully saturated rings. The number of hydrogen-bond acceptors (Lipinski definition) is 2. The van der Waals surface area contributed by atoms with E-state index in [1.165, 1.54) is 0 Å². The molecule has 0 atom stereocenters. The summed E-state index contributed by atoms with van der Waals surface area (Å²) in [5.41, 5.74) is 1.04. The topological polar surface area (TPSA) is 49.3 Å². The fourth-order valence-corrected chi connectivity index (χ4v) is 0.529. The molecule has 0 aromatic rings. The van der Waals surface area contributed by atoms with Crippen LogP contribution in [-0.4, -0.2) is 24.2 Å².